The monoisotopic (exact) mass is 265 g/mol. The second kappa shape index (κ2) is 5.49. The van der Waals surface area contributed by atoms with Crippen LogP contribution in [0.3, 0.4) is 0 Å². The van der Waals surface area contributed by atoms with Crippen molar-refractivity contribution < 1.29 is 0 Å². The van der Waals surface area contributed by atoms with Gasteiger partial charge in [0.05, 0.1) is 17.6 Å². The Morgan fingerprint density at radius 2 is 2.17 bits per heavy atom. The number of hydrogen-bond acceptors (Lipinski definition) is 4. The Kier molecular flexibility index (Phi) is 4.17. The van der Waals surface area contributed by atoms with Gasteiger partial charge in [0.25, 0.3) is 0 Å². The van der Waals surface area contributed by atoms with Crippen molar-refractivity contribution in [1.29, 1.82) is 0 Å². The molecule has 0 aromatic carbocycles. The molecule has 0 aliphatic carbocycles. The van der Waals surface area contributed by atoms with E-state index in [0.717, 1.165) is 18.8 Å². The molecule has 2 heterocycles. The third-order valence-electron chi connectivity index (χ3n) is 3.44. The normalized spacial score (nSPS) is 21.4. The summed E-state index contributed by atoms with van der Waals surface area (Å²) in [5.74, 6) is 1.18. The van der Waals surface area contributed by atoms with Crippen LogP contribution in [0.5, 0.6) is 0 Å². The molecule has 1 atom stereocenters. The van der Waals surface area contributed by atoms with E-state index in [1.54, 1.807) is 0 Å². The number of thioether (sulfide) groups is 1. The molecule has 1 aliphatic heterocycles. The number of aromatic nitrogens is 1. The van der Waals surface area contributed by atoms with Crippen LogP contribution in [0.15, 0.2) is 18.3 Å². The predicted molar refractivity (Wildman–Crippen MR) is 80.2 cm³/mol. The van der Waals surface area contributed by atoms with Gasteiger partial charge in [-0.25, -0.2) is 0 Å². The summed E-state index contributed by atoms with van der Waals surface area (Å²) in [7, 11) is 0. The molecule has 1 aromatic rings. The molecule has 0 radical (unpaired) electrons. The number of nitrogens with zero attached hydrogens (tertiary/aromatic N) is 2. The van der Waals surface area contributed by atoms with E-state index >= 15 is 0 Å². The highest BCUT2D eigenvalue weighted by Gasteiger charge is 2.23. The average Bonchev–Trinajstić information content (AvgIpc) is 2.50. The van der Waals surface area contributed by atoms with Gasteiger partial charge in [-0.2, -0.15) is 11.8 Å². The van der Waals surface area contributed by atoms with Crippen LogP contribution in [0.2, 0.25) is 0 Å². The molecular weight excluding hydrogens is 242 g/mol. The molecular formula is C14H23N3S. The van der Waals surface area contributed by atoms with Crippen molar-refractivity contribution in [2.45, 2.75) is 38.0 Å². The van der Waals surface area contributed by atoms with Crippen molar-refractivity contribution in [1.82, 2.24) is 4.98 Å². The van der Waals surface area contributed by atoms with Crippen LogP contribution < -0.4 is 10.6 Å². The van der Waals surface area contributed by atoms with Crippen LogP contribution in [-0.2, 0) is 0 Å². The van der Waals surface area contributed by atoms with Gasteiger partial charge in [-0.3, -0.25) is 4.98 Å². The third-order valence-corrected chi connectivity index (χ3v) is 4.81. The molecule has 1 unspecified atom stereocenters. The summed E-state index contributed by atoms with van der Waals surface area (Å²) in [6, 6.07) is 4.20. The average molecular weight is 265 g/mol. The molecule has 18 heavy (non-hydrogen) atoms. The molecule has 1 saturated heterocycles. The van der Waals surface area contributed by atoms with E-state index in [-0.39, 0.29) is 6.04 Å². The number of anilines is 1. The Morgan fingerprint density at radius 3 is 2.78 bits per heavy atom. The first kappa shape index (κ1) is 13.7. The van der Waals surface area contributed by atoms with Gasteiger partial charge in [-0.1, -0.05) is 13.8 Å². The van der Waals surface area contributed by atoms with Gasteiger partial charge in [-0.15, -0.1) is 0 Å². The minimum Gasteiger partial charge on any atom is -0.369 e. The maximum absolute atomic E-state index is 5.82. The first-order chi connectivity index (χ1) is 8.48. The highest BCUT2D eigenvalue weighted by Crippen LogP contribution is 2.32. The molecule has 0 amide bonds. The largest absolute Gasteiger partial charge is 0.369 e. The summed E-state index contributed by atoms with van der Waals surface area (Å²) in [5.41, 5.74) is 8.00. The van der Waals surface area contributed by atoms with Crippen molar-refractivity contribution in [3.05, 3.63) is 24.0 Å². The fraction of sp³-hybridized carbons (Fsp3) is 0.643. The smallest absolute Gasteiger partial charge is 0.0569 e. The lowest BCUT2D eigenvalue weighted by Crippen LogP contribution is -2.27. The van der Waals surface area contributed by atoms with Crippen LogP contribution in [-0.4, -0.2) is 28.6 Å². The van der Waals surface area contributed by atoms with Gasteiger partial charge in [0, 0.05) is 29.6 Å². The molecule has 1 fully saturated rings. The molecule has 1 aliphatic rings. The molecule has 100 valence electrons. The predicted octanol–water partition coefficient (Wildman–Crippen LogP) is 2.82. The lowest BCUT2D eigenvalue weighted by atomic mass is 10.1. The maximum Gasteiger partial charge on any atom is 0.0569 e. The molecule has 1 aromatic heterocycles. The Hall–Kier alpha value is -0.740. The van der Waals surface area contributed by atoms with E-state index in [1.165, 1.54) is 17.9 Å². The van der Waals surface area contributed by atoms with Crippen molar-refractivity contribution in [3.63, 3.8) is 0 Å². The van der Waals surface area contributed by atoms with E-state index in [4.69, 9.17) is 5.73 Å². The van der Waals surface area contributed by atoms with Crippen LogP contribution in [0, 0.1) is 0 Å². The number of nitrogens with two attached hydrogens (primary N) is 1. The Morgan fingerprint density at radius 1 is 1.39 bits per heavy atom. The first-order valence-electron chi connectivity index (χ1n) is 6.58. The summed E-state index contributed by atoms with van der Waals surface area (Å²) in [4.78, 5) is 6.88. The molecule has 3 nitrogen and oxygen atoms in total. The third kappa shape index (κ3) is 3.39. The topological polar surface area (TPSA) is 42.1 Å². The quantitative estimate of drug-likeness (QED) is 0.893. The van der Waals surface area contributed by atoms with Gasteiger partial charge >= 0.3 is 0 Å². The number of pyridine rings is 1. The van der Waals surface area contributed by atoms with Crippen LogP contribution in [0.4, 0.5) is 5.69 Å². The second-order valence-electron chi connectivity index (χ2n) is 5.58. The number of hydrogen-bond donors (Lipinski definition) is 1. The molecule has 0 bridgehead atoms. The lowest BCUT2D eigenvalue weighted by Gasteiger charge is -2.24. The van der Waals surface area contributed by atoms with Crippen molar-refractivity contribution in [2.24, 2.45) is 5.73 Å². The molecule has 0 spiro atoms. The van der Waals surface area contributed by atoms with Gasteiger partial charge in [0.1, 0.15) is 0 Å². The minimum atomic E-state index is 0.0117. The van der Waals surface area contributed by atoms with E-state index in [2.05, 4.69) is 41.6 Å². The Labute approximate surface area is 114 Å². The van der Waals surface area contributed by atoms with Gasteiger partial charge in [-0.05, 0) is 25.5 Å². The van der Waals surface area contributed by atoms with Crippen molar-refractivity contribution in [3.8, 4) is 0 Å². The fourth-order valence-electron chi connectivity index (χ4n) is 2.13. The van der Waals surface area contributed by atoms with Gasteiger partial charge < -0.3 is 10.6 Å². The van der Waals surface area contributed by atoms with Gasteiger partial charge in [0.2, 0.25) is 0 Å². The summed E-state index contributed by atoms with van der Waals surface area (Å²) in [5, 5.41) is 0. The van der Waals surface area contributed by atoms with Crippen LogP contribution >= 0.6 is 11.8 Å². The minimum absolute atomic E-state index is 0.0117. The zero-order chi connectivity index (χ0) is 13.2. The molecule has 0 saturated carbocycles. The Balaban J connectivity index is 2.07. The standard InChI is InChI=1S/C14H23N3S/c1-11(15)13-5-4-12(10-16-13)17-7-6-14(2,3)18-9-8-17/h4-5,10-11H,6-9,15H2,1-3H3. The Bertz CT molecular complexity index is 387. The zero-order valence-electron chi connectivity index (χ0n) is 11.5. The highest BCUT2D eigenvalue weighted by atomic mass is 32.2. The first-order valence-corrected chi connectivity index (χ1v) is 7.57. The van der Waals surface area contributed by atoms with Crippen molar-refractivity contribution >= 4 is 17.4 Å². The number of rotatable bonds is 2. The van der Waals surface area contributed by atoms with E-state index < -0.39 is 0 Å². The van der Waals surface area contributed by atoms with Crippen LogP contribution in [0.1, 0.15) is 38.9 Å². The maximum atomic E-state index is 5.82. The highest BCUT2D eigenvalue weighted by molar-refractivity contribution is 8.00. The van der Waals surface area contributed by atoms with Gasteiger partial charge in [0.15, 0.2) is 0 Å². The van der Waals surface area contributed by atoms with E-state index in [0.29, 0.717) is 4.75 Å². The molecule has 4 heteroatoms. The van der Waals surface area contributed by atoms with E-state index in [1.807, 2.05) is 19.2 Å². The fourth-order valence-corrected chi connectivity index (χ4v) is 3.23. The summed E-state index contributed by atoms with van der Waals surface area (Å²) < 4.78 is 0.397. The van der Waals surface area contributed by atoms with E-state index in [9.17, 15) is 0 Å². The lowest BCUT2D eigenvalue weighted by molar-refractivity contribution is 0.637. The summed E-state index contributed by atoms with van der Waals surface area (Å²) >= 11 is 2.07. The van der Waals surface area contributed by atoms with Crippen molar-refractivity contribution in [2.75, 3.05) is 23.7 Å². The summed E-state index contributed by atoms with van der Waals surface area (Å²) in [6.07, 6.45) is 3.17. The SMILES string of the molecule is CC(N)c1ccc(N2CCSC(C)(C)CC2)cn1. The summed E-state index contributed by atoms with van der Waals surface area (Å²) in [6.45, 7) is 8.84. The molecule has 2 rings (SSSR count). The molecule has 2 N–H and O–H groups in total. The zero-order valence-corrected chi connectivity index (χ0v) is 12.3. The van der Waals surface area contributed by atoms with Crippen LogP contribution in [0.25, 0.3) is 0 Å². The second-order valence-corrected chi connectivity index (χ2v) is 7.38.